The maximum Gasteiger partial charge on any atom is 0.259 e. The number of fused-ring (bicyclic) bond motifs is 1. The fourth-order valence-corrected chi connectivity index (χ4v) is 3.47. The average Bonchev–Trinajstić information content (AvgIpc) is 2.43. The second-order valence-corrected chi connectivity index (χ2v) is 6.29. The monoisotopic (exact) mass is 442 g/mol. The van der Waals surface area contributed by atoms with Crippen LogP contribution < -0.4 is 5.56 Å². The van der Waals surface area contributed by atoms with Gasteiger partial charge in [-0.15, -0.1) is 0 Å². The topological polar surface area (TPSA) is 66.0 Å². The molecule has 6 heteroatoms. The number of para-hydroxylation sites is 1. The van der Waals surface area contributed by atoms with E-state index in [1.165, 1.54) is 0 Å². The molecule has 2 N–H and O–H groups in total. The van der Waals surface area contributed by atoms with E-state index in [-0.39, 0.29) is 11.3 Å². The van der Waals surface area contributed by atoms with Crippen LogP contribution in [0.2, 0.25) is 0 Å². The Hall–Kier alpha value is -1.41. The van der Waals surface area contributed by atoms with Gasteiger partial charge in [0.25, 0.3) is 5.56 Å². The van der Waals surface area contributed by atoms with E-state index >= 15 is 0 Å². The summed E-state index contributed by atoms with van der Waals surface area (Å²) in [6.07, 6.45) is 0. The van der Waals surface area contributed by atoms with Crippen molar-refractivity contribution in [3.05, 3.63) is 54.8 Å². The minimum Gasteiger partial charge on any atom is -0.506 e. The van der Waals surface area contributed by atoms with Crippen molar-refractivity contribution in [2.45, 2.75) is 0 Å². The minimum absolute atomic E-state index is 0.104. The fraction of sp³-hybridized carbons (Fsp3) is 0. The zero-order chi connectivity index (χ0) is 14.3. The summed E-state index contributed by atoms with van der Waals surface area (Å²) >= 11 is 5.41. The fourth-order valence-electron chi connectivity index (χ4n) is 1.96. The lowest BCUT2D eigenvalue weighted by atomic mass is 10.1. The average molecular weight is 443 g/mol. The number of nitrogens with one attached hydrogen (secondary N) is 1. The molecular formula is C14H8BrIN2O2. The number of aromatic hydroxyl groups is 1. The van der Waals surface area contributed by atoms with Crippen LogP contribution in [0.4, 0.5) is 0 Å². The lowest BCUT2D eigenvalue weighted by molar-refractivity contribution is 0.473. The molecule has 0 amide bonds. The molecule has 1 heterocycles. The number of aromatic amines is 1. The number of nitrogens with zero attached hydrogens (tertiary/aromatic N) is 1. The van der Waals surface area contributed by atoms with Crippen molar-refractivity contribution in [2.75, 3.05) is 0 Å². The summed E-state index contributed by atoms with van der Waals surface area (Å²) < 4.78 is 1.49. The first-order chi connectivity index (χ1) is 9.56. The van der Waals surface area contributed by atoms with Crippen molar-refractivity contribution in [3.63, 3.8) is 0 Å². The van der Waals surface area contributed by atoms with E-state index in [4.69, 9.17) is 0 Å². The summed E-state index contributed by atoms with van der Waals surface area (Å²) in [4.78, 5) is 19.2. The molecule has 0 bridgehead atoms. The van der Waals surface area contributed by atoms with Crippen LogP contribution in [-0.2, 0) is 0 Å². The highest BCUT2D eigenvalue weighted by molar-refractivity contribution is 14.1. The highest BCUT2D eigenvalue weighted by Crippen LogP contribution is 2.34. The summed E-state index contributed by atoms with van der Waals surface area (Å²) in [5, 5.41) is 10.7. The van der Waals surface area contributed by atoms with Crippen LogP contribution in [0.25, 0.3) is 22.3 Å². The second kappa shape index (κ2) is 5.17. The van der Waals surface area contributed by atoms with Crippen molar-refractivity contribution >= 4 is 49.4 Å². The molecule has 1 aromatic heterocycles. The molecule has 0 aliphatic heterocycles. The zero-order valence-electron chi connectivity index (χ0n) is 10.0. The molecule has 0 fully saturated rings. The number of hydrogen-bond acceptors (Lipinski definition) is 3. The molecule has 20 heavy (non-hydrogen) atoms. The highest BCUT2D eigenvalue weighted by atomic mass is 127. The van der Waals surface area contributed by atoms with Crippen molar-refractivity contribution in [1.29, 1.82) is 0 Å². The minimum atomic E-state index is -0.222. The largest absolute Gasteiger partial charge is 0.506 e. The van der Waals surface area contributed by atoms with E-state index in [2.05, 4.69) is 25.9 Å². The summed E-state index contributed by atoms with van der Waals surface area (Å²) in [5.41, 5.74) is 0.868. The van der Waals surface area contributed by atoms with Crippen molar-refractivity contribution < 1.29 is 5.11 Å². The van der Waals surface area contributed by atoms with Gasteiger partial charge < -0.3 is 10.1 Å². The third-order valence-corrected chi connectivity index (χ3v) is 4.18. The van der Waals surface area contributed by atoms with Gasteiger partial charge in [-0.05, 0) is 46.9 Å². The number of halogens is 2. The molecule has 3 aromatic rings. The van der Waals surface area contributed by atoms with Crippen molar-refractivity contribution in [1.82, 2.24) is 9.97 Å². The lowest BCUT2D eigenvalue weighted by Crippen LogP contribution is -2.09. The van der Waals surface area contributed by atoms with Crippen LogP contribution in [-0.4, -0.2) is 15.1 Å². The SMILES string of the molecule is O=c1[nH]c(-c2cc(Br)cc(I)c2O)nc2ccccc12. The van der Waals surface area contributed by atoms with E-state index in [0.717, 1.165) is 4.47 Å². The van der Waals surface area contributed by atoms with Crippen LogP contribution in [0.1, 0.15) is 0 Å². The van der Waals surface area contributed by atoms with Gasteiger partial charge in [-0.1, -0.05) is 28.1 Å². The smallest absolute Gasteiger partial charge is 0.259 e. The van der Waals surface area contributed by atoms with E-state index in [1.54, 1.807) is 30.3 Å². The van der Waals surface area contributed by atoms with Gasteiger partial charge in [-0.3, -0.25) is 4.79 Å². The Bertz CT molecular complexity index is 877. The number of phenolic OH excluding ortho intramolecular Hbond substituents is 1. The summed E-state index contributed by atoms with van der Waals surface area (Å²) in [6.45, 7) is 0. The molecule has 0 radical (unpaired) electrons. The van der Waals surface area contributed by atoms with Gasteiger partial charge in [-0.2, -0.15) is 0 Å². The molecule has 0 unspecified atom stereocenters. The first kappa shape index (κ1) is 13.6. The first-order valence-corrected chi connectivity index (χ1v) is 7.61. The second-order valence-electron chi connectivity index (χ2n) is 4.22. The molecule has 3 rings (SSSR count). The number of rotatable bonds is 1. The Kier molecular flexibility index (Phi) is 3.51. The van der Waals surface area contributed by atoms with Crippen molar-refractivity contribution in [2.24, 2.45) is 0 Å². The van der Waals surface area contributed by atoms with Crippen LogP contribution in [0.5, 0.6) is 5.75 Å². The number of phenols is 1. The number of hydrogen-bond donors (Lipinski definition) is 2. The van der Waals surface area contributed by atoms with E-state index < -0.39 is 0 Å². The normalized spacial score (nSPS) is 10.9. The Morgan fingerprint density at radius 3 is 2.80 bits per heavy atom. The molecule has 0 aliphatic carbocycles. The van der Waals surface area contributed by atoms with Crippen LogP contribution >= 0.6 is 38.5 Å². The predicted octanol–water partition coefficient (Wildman–Crippen LogP) is 3.66. The molecule has 0 aliphatic rings. The van der Waals surface area contributed by atoms with Gasteiger partial charge in [0.15, 0.2) is 0 Å². The third-order valence-electron chi connectivity index (χ3n) is 2.90. The molecule has 0 saturated carbocycles. The van der Waals surface area contributed by atoms with Crippen molar-refractivity contribution in [3.8, 4) is 17.1 Å². The van der Waals surface area contributed by atoms with Gasteiger partial charge in [-0.25, -0.2) is 4.98 Å². The Morgan fingerprint density at radius 1 is 1.25 bits per heavy atom. The maximum atomic E-state index is 12.1. The van der Waals surface area contributed by atoms with E-state index in [0.29, 0.717) is 25.9 Å². The van der Waals surface area contributed by atoms with E-state index in [9.17, 15) is 9.90 Å². The molecular weight excluding hydrogens is 435 g/mol. The first-order valence-electron chi connectivity index (χ1n) is 5.73. The van der Waals surface area contributed by atoms with Gasteiger partial charge in [0, 0.05) is 4.47 Å². The Balaban J connectivity index is 2.33. The summed E-state index contributed by atoms with van der Waals surface area (Å²) in [6, 6.07) is 10.6. The van der Waals surface area contributed by atoms with Crippen LogP contribution in [0, 0.1) is 3.57 Å². The van der Waals surface area contributed by atoms with E-state index in [1.807, 2.05) is 28.7 Å². The number of H-pyrrole nitrogens is 1. The van der Waals surface area contributed by atoms with Gasteiger partial charge >= 0.3 is 0 Å². The Morgan fingerprint density at radius 2 is 2.00 bits per heavy atom. The lowest BCUT2D eigenvalue weighted by Gasteiger charge is -2.07. The molecule has 0 atom stereocenters. The maximum absolute atomic E-state index is 12.1. The summed E-state index contributed by atoms with van der Waals surface area (Å²) in [5.74, 6) is 0.456. The van der Waals surface area contributed by atoms with Crippen LogP contribution in [0.3, 0.4) is 0 Å². The molecule has 2 aromatic carbocycles. The molecule has 0 spiro atoms. The molecule has 0 saturated heterocycles. The standard InChI is InChI=1S/C14H8BrIN2O2/c15-7-5-9(12(19)10(16)6-7)13-17-11-4-2-1-3-8(11)14(20)18-13/h1-6,19H,(H,17,18,20). The number of aromatic nitrogens is 2. The number of benzene rings is 2. The Labute approximate surface area is 136 Å². The van der Waals surface area contributed by atoms with Gasteiger partial charge in [0.2, 0.25) is 0 Å². The predicted molar refractivity (Wildman–Crippen MR) is 89.9 cm³/mol. The highest BCUT2D eigenvalue weighted by Gasteiger charge is 2.13. The van der Waals surface area contributed by atoms with Gasteiger partial charge in [0.1, 0.15) is 11.6 Å². The zero-order valence-corrected chi connectivity index (χ0v) is 13.8. The quantitative estimate of drug-likeness (QED) is 0.565. The molecule has 100 valence electrons. The van der Waals surface area contributed by atoms with Crippen LogP contribution in [0.15, 0.2) is 45.7 Å². The molecule has 4 nitrogen and oxygen atoms in total. The summed E-state index contributed by atoms with van der Waals surface area (Å²) in [7, 11) is 0. The van der Waals surface area contributed by atoms with Gasteiger partial charge in [0.05, 0.1) is 20.0 Å². The third kappa shape index (κ3) is 2.33.